The van der Waals surface area contributed by atoms with Crippen LogP contribution in [0.5, 0.6) is 5.75 Å². The number of rotatable bonds is 5. The number of benzene rings is 2. The topological polar surface area (TPSA) is 107 Å². The molecular formula is C24H29N3O6S. The van der Waals surface area contributed by atoms with Gasteiger partial charge in [0.2, 0.25) is 15.9 Å². The number of methoxy groups -OCH3 is 1. The summed E-state index contributed by atoms with van der Waals surface area (Å²) < 4.78 is 31.9. The Hall–Kier alpha value is -3.27. The van der Waals surface area contributed by atoms with Crippen molar-refractivity contribution in [3.63, 3.8) is 0 Å². The third-order valence-corrected chi connectivity index (χ3v) is 8.11. The summed E-state index contributed by atoms with van der Waals surface area (Å²) in [6.45, 7) is 4.32. The van der Waals surface area contributed by atoms with Crippen LogP contribution in [-0.4, -0.2) is 57.5 Å². The minimum Gasteiger partial charge on any atom is -0.495 e. The van der Waals surface area contributed by atoms with Gasteiger partial charge in [-0.05, 0) is 55.2 Å². The van der Waals surface area contributed by atoms with Crippen molar-refractivity contribution in [2.24, 2.45) is 0 Å². The first kappa shape index (κ1) is 23.9. The molecule has 2 aromatic carbocycles. The maximum Gasteiger partial charge on any atom is 0.411 e. The van der Waals surface area contributed by atoms with E-state index in [1.165, 1.54) is 16.3 Å². The van der Waals surface area contributed by atoms with E-state index in [0.29, 0.717) is 54.2 Å². The molecule has 2 amide bonds. The molecule has 9 nitrogen and oxygen atoms in total. The minimum atomic E-state index is -3.41. The summed E-state index contributed by atoms with van der Waals surface area (Å²) in [5.74, 6) is 0.497. The van der Waals surface area contributed by atoms with Crippen LogP contribution in [0.2, 0.25) is 0 Å². The lowest BCUT2D eigenvalue weighted by atomic mass is 9.99. The first-order valence-electron chi connectivity index (χ1n) is 11.3. The highest BCUT2D eigenvalue weighted by atomic mass is 32.2. The molecule has 0 radical (unpaired) electrons. The summed E-state index contributed by atoms with van der Waals surface area (Å²) in [7, 11) is -1.92. The van der Waals surface area contributed by atoms with Gasteiger partial charge in [-0.15, -0.1) is 0 Å². The Morgan fingerprint density at radius 3 is 2.35 bits per heavy atom. The number of carbonyl (C=O) groups excluding carboxylic acids is 1. The van der Waals surface area contributed by atoms with Crippen LogP contribution in [0.1, 0.15) is 33.1 Å². The highest BCUT2D eigenvalue weighted by molar-refractivity contribution is 7.93. The van der Waals surface area contributed by atoms with Gasteiger partial charge in [-0.25, -0.2) is 13.2 Å². The zero-order valence-corrected chi connectivity index (χ0v) is 20.3. The lowest BCUT2D eigenvalue weighted by Gasteiger charge is -2.40. The van der Waals surface area contributed by atoms with Crippen LogP contribution >= 0.6 is 0 Å². The average molecular weight is 488 g/mol. The molecule has 0 spiro atoms. The summed E-state index contributed by atoms with van der Waals surface area (Å²) in [6, 6.07) is 10.3. The van der Waals surface area contributed by atoms with E-state index in [1.807, 2.05) is 26.0 Å². The van der Waals surface area contributed by atoms with E-state index < -0.39 is 16.1 Å². The molecular weight excluding hydrogens is 458 g/mol. The predicted octanol–water partition coefficient (Wildman–Crippen LogP) is 3.92. The number of anilines is 3. The number of hydrogen-bond acceptors (Lipinski definition) is 5. The molecule has 2 aliphatic rings. The fraction of sp³-hybridized carbons (Fsp3) is 0.417. The molecule has 2 aliphatic heterocycles. The molecule has 2 aromatic rings. The van der Waals surface area contributed by atoms with E-state index in [0.717, 1.165) is 5.56 Å². The van der Waals surface area contributed by atoms with Crippen LogP contribution in [0.4, 0.5) is 21.9 Å². The van der Waals surface area contributed by atoms with Gasteiger partial charge in [0, 0.05) is 19.5 Å². The molecule has 34 heavy (non-hydrogen) atoms. The molecule has 0 unspecified atom stereocenters. The number of ether oxygens (including phenoxy) is 1. The van der Waals surface area contributed by atoms with E-state index >= 15 is 0 Å². The minimum absolute atomic E-state index is 0.0417. The molecule has 1 saturated heterocycles. The number of sulfonamides is 1. The van der Waals surface area contributed by atoms with Gasteiger partial charge >= 0.3 is 6.09 Å². The lowest BCUT2D eigenvalue weighted by Crippen LogP contribution is -2.51. The standard InChI is InChI=1S/C24H29N3O6S/c1-4-6-23(28)27-16(2)15-25(24(29)30)20-13-17(7-9-19(20)27)18-8-10-22(33-3)21(14-18)26-11-5-12-34(26,31)32/h7-10,13-14,16H,4-6,11-12,15H2,1-3H3,(H,29,30)/t16-/m0/s1. The monoisotopic (exact) mass is 487 g/mol. The van der Waals surface area contributed by atoms with Gasteiger partial charge in [0.1, 0.15) is 5.75 Å². The number of hydrogen-bond donors (Lipinski definition) is 1. The molecule has 0 saturated carbocycles. The molecule has 1 atom stereocenters. The van der Waals surface area contributed by atoms with Crippen LogP contribution in [-0.2, 0) is 14.8 Å². The highest BCUT2D eigenvalue weighted by Crippen LogP contribution is 2.41. The van der Waals surface area contributed by atoms with Crippen molar-refractivity contribution in [1.82, 2.24) is 0 Å². The van der Waals surface area contributed by atoms with Crippen LogP contribution < -0.4 is 18.8 Å². The van der Waals surface area contributed by atoms with Gasteiger partial charge in [0.15, 0.2) is 0 Å². The van der Waals surface area contributed by atoms with E-state index in [1.54, 1.807) is 29.2 Å². The van der Waals surface area contributed by atoms with Crippen LogP contribution in [0.3, 0.4) is 0 Å². The van der Waals surface area contributed by atoms with Crippen LogP contribution in [0.25, 0.3) is 11.1 Å². The van der Waals surface area contributed by atoms with E-state index in [4.69, 9.17) is 4.74 Å². The first-order valence-corrected chi connectivity index (χ1v) is 12.9. The van der Waals surface area contributed by atoms with E-state index in [-0.39, 0.29) is 24.2 Å². The average Bonchev–Trinajstić information content (AvgIpc) is 3.16. The third-order valence-electron chi connectivity index (χ3n) is 6.26. The molecule has 2 heterocycles. The molecule has 1 fully saturated rings. The van der Waals surface area contributed by atoms with Gasteiger partial charge in [-0.1, -0.05) is 19.1 Å². The van der Waals surface area contributed by atoms with Crippen molar-refractivity contribution < 1.29 is 27.9 Å². The Labute approximate surface area is 199 Å². The Morgan fingerprint density at radius 2 is 1.76 bits per heavy atom. The number of carboxylic acid groups (broad SMARTS) is 1. The van der Waals surface area contributed by atoms with Crippen molar-refractivity contribution in [3.05, 3.63) is 36.4 Å². The maximum atomic E-state index is 12.8. The Kier molecular flexibility index (Phi) is 6.44. The van der Waals surface area contributed by atoms with Gasteiger partial charge in [-0.2, -0.15) is 0 Å². The summed E-state index contributed by atoms with van der Waals surface area (Å²) in [6.07, 6.45) is 0.533. The molecule has 0 bridgehead atoms. The Morgan fingerprint density at radius 1 is 1.09 bits per heavy atom. The van der Waals surface area contributed by atoms with E-state index in [2.05, 4.69) is 0 Å². The number of fused-ring (bicyclic) bond motifs is 1. The molecule has 10 heteroatoms. The Balaban J connectivity index is 1.81. The SMILES string of the molecule is CCCC(=O)N1c2ccc(-c3ccc(OC)c(N4CCCS4(=O)=O)c3)cc2N(C(=O)O)C[C@@H]1C. The maximum absolute atomic E-state index is 12.8. The van der Waals surface area contributed by atoms with Crippen molar-refractivity contribution in [1.29, 1.82) is 0 Å². The van der Waals surface area contributed by atoms with Gasteiger partial charge < -0.3 is 14.7 Å². The molecule has 182 valence electrons. The number of amides is 2. The molecule has 0 aliphatic carbocycles. The smallest absolute Gasteiger partial charge is 0.411 e. The zero-order valence-electron chi connectivity index (χ0n) is 19.5. The first-order chi connectivity index (χ1) is 16.2. The lowest BCUT2D eigenvalue weighted by molar-refractivity contribution is -0.119. The molecule has 4 rings (SSSR count). The number of nitrogens with zero attached hydrogens (tertiary/aromatic N) is 3. The summed E-state index contributed by atoms with van der Waals surface area (Å²) in [5, 5.41) is 9.84. The van der Waals surface area contributed by atoms with Gasteiger partial charge in [0.25, 0.3) is 0 Å². The van der Waals surface area contributed by atoms with Crippen molar-refractivity contribution in [2.45, 2.75) is 39.2 Å². The number of carbonyl (C=O) groups is 2. The highest BCUT2D eigenvalue weighted by Gasteiger charge is 2.35. The van der Waals surface area contributed by atoms with Gasteiger partial charge in [0.05, 0.1) is 36.0 Å². The predicted molar refractivity (Wildman–Crippen MR) is 131 cm³/mol. The second-order valence-corrected chi connectivity index (χ2v) is 10.6. The summed E-state index contributed by atoms with van der Waals surface area (Å²) >= 11 is 0. The third kappa shape index (κ3) is 4.18. The fourth-order valence-electron chi connectivity index (χ4n) is 4.67. The van der Waals surface area contributed by atoms with Crippen LogP contribution in [0.15, 0.2) is 36.4 Å². The summed E-state index contributed by atoms with van der Waals surface area (Å²) in [5.41, 5.74) is 2.87. The zero-order chi connectivity index (χ0) is 24.6. The quantitative estimate of drug-likeness (QED) is 0.685. The fourth-order valence-corrected chi connectivity index (χ4v) is 6.24. The van der Waals surface area contributed by atoms with Crippen molar-refractivity contribution >= 4 is 39.1 Å². The summed E-state index contributed by atoms with van der Waals surface area (Å²) in [4.78, 5) is 27.8. The largest absolute Gasteiger partial charge is 0.495 e. The van der Waals surface area contributed by atoms with Crippen LogP contribution in [0, 0.1) is 0 Å². The molecule has 0 aromatic heterocycles. The second-order valence-electron chi connectivity index (χ2n) is 8.59. The normalized spacial score (nSPS) is 19.1. The van der Waals surface area contributed by atoms with Crippen molar-refractivity contribution in [2.75, 3.05) is 40.1 Å². The van der Waals surface area contributed by atoms with Gasteiger partial charge in [-0.3, -0.25) is 14.0 Å². The van der Waals surface area contributed by atoms with E-state index in [9.17, 15) is 23.1 Å². The molecule has 1 N–H and O–H groups in total. The Bertz CT molecular complexity index is 1230. The van der Waals surface area contributed by atoms with Crippen molar-refractivity contribution in [3.8, 4) is 16.9 Å². The second kappa shape index (κ2) is 9.17.